The summed E-state index contributed by atoms with van der Waals surface area (Å²) in [5, 5.41) is 18.7. The Hall–Kier alpha value is -1.97. The molecule has 0 saturated heterocycles. The van der Waals surface area contributed by atoms with E-state index >= 15 is 0 Å². The fraction of sp³-hybridized carbons (Fsp3) is 0.182. The molecule has 78 valence electrons. The predicted octanol–water partition coefficient (Wildman–Crippen LogP) is 2.33. The fourth-order valence-corrected chi connectivity index (χ4v) is 1.39. The fourth-order valence-electron chi connectivity index (χ4n) is 1.39. The van der Waals surface area contributed by atoms with Crippen LogP contribution in [-0.2, 0) is 4.79 Å². The van der Waals surface area contributed by atoms with E-state index in [1.165, 1.54) is 12.1 Å². The molecule has 1 heterocycles. The zero-order valence-corrected chi connectivity index (χ0v) is 8.10. The van der Waals surface area contributed by atoms with Gasteiger partial charge in [0.2, 0.25) is 0 Å². The molecule has 15 heavy (non-hydrogen) atoms. The van der Waals surface area contributed by atoms with E-state index in [4.69, 9.17) is 9.52 Å². The highest BCUT2D eigenvalue weighted by Crippen LogP contribution is 2.27. The normalized spacial score (nSPS) is 12.9. The summed E-state index contributed by atoms with van der Waals surface area (Å²) in [6, 6.07) is 6.29. The minimum atomic E-state index is -0.932. The molecule has 1 unspecified atom stereocenters. The molecule has 1 aromatic carbocycles. The van der Waals surface area contributed by atoms with Crippen LogP contribution in [0.1, 0.15) is 18.6 Å². The maximum Gasteiger partial charge on any atom is 0.313 e. The van der Waals surface area contributed by atoms with Gasteiger partial charge in [0.25, 0.3) is 0 Å². The monoisotopic (exact) mass is 206 g/mol. The minimum Gasteiger partial charge on any atom is -0.508 e. The average Bonchev–Trinajstić information content (AvgIpc) is 2.58. The molecule has 0 aliphatic rings. The maximum atomic E-state index is 10.7. The molecule has 0 radical (unpaired) electrons. The molecule has 1 aromatic heterocycles. The molecule has 0 amide bonds. The van der Waals surface area contributed by atoms with Gasteiger partial charge >= 0.3 is 5.97 Å². The van der Waals surface area contributed by atoms with Crippen molar-refractivity contribution in [3.63, 3.8) is 0 Å². The lowest BCUT2D eigenvalue weighted by atomic mass is 10.1. The second kappa shape index (κ2) is 3.31. The number of carboxylic acid groups (broad SMARTS) is 1. The molecular formula is C11H10O4. The molecule has 4 nitrogen and oxygen atoms in total. The van der Waals surface area contributed by atoms with Crippen molar-refractivity contribution < 1.29 is 19.4 Å². The van der Waals surface area contributed by atoms with E-state index in [-0.39, 0.29) is 5.75 Å². The Morgan fingerprint density at radius 3 is 2.80 bits per heavy atom. The minimum absolute atomic E-state index is 0.137. The number of hydrogen-bond donors (Lipinski definition) is 2. The highest BCUT2D eigenvalue weighted by atomic mass is 16.4. The van der Waals surface area contributed by atoms with Crippen molar-refractivity contribution >= 4 is 16.9 Å². The molecule has 0 spiro atoms. The largest absolute Gasteiger partial charge is 0.508 e. The van der Waals surface area contributed by atoms with Crippen LogP contribution in [0, 0.1) is 0 Å². The second-order valence-electron chi connectivity index (χ2n) is 3.43. The van der Waals surface area contributed by atoms with Gasteiger partial charge in [0.15, 0.2) is 0 Å². The summed E-state index contributed by atoms with van der Waals surface area (Å²) in [7, 11) is 0. The van der Waals surface area contributed by atoms with Gasteiger partial charge in [0.1, 0.15) is 23.0 Å². The lowest BCUT2D eigenvalue weighted by Crippen LogP contribution is -2.05. The number of rotatable bonds is 2. The van der Waals surface area contributed by atoms with Crippen LogP contribution in [0.2, 0.25) is 0 Å². The number of carbonyl (C=O) groups is 1. The number of hydrogen-bond acceptors (Lipinski definition) is 3. The van der Waals surface area contributed by atoms with Crippen molar-refractivity contribution in [3.8, 4) is 5.75 Å². The summed E-state index contributed by atoms with van der Waals surface area (Å²) in [4.78, 5) is 10.7. The predicted molar refractivity (Wildman–Crippen MR) is 53.9 cm³/mol. The van der Waals surface area contributed by atoms with Gasteiger partial charge in [-0.15, -0.1) is 0 Å². The first-order chi connectivity index (χ1) is 7.08. The van der Waals surface area contributed by atoms with Crippen molar-refractivity contribution in [1.29, 1.82) is 0 Å². The van der Waals surface area contributed by atoms with E-state index in [1.54, 1.807) is 19.1 Å². The number of phenols is 1. The Bertz CT molecular complexity index is 512. The molecule has 2 rings (SSSR count). The Morgan fingerprint density at radius 2 is 2.13 bits per heavy atom. The van der Waals surface area contributed by atoms with Gasteiger partial charge in [-0.2, -0.15) is 0 Å². The number of benzene rings is 1. The van der Waals surface area contributed by atoms with Crippen molar-refractivity contribution in [2.45, 2.75) is 12.8 Å². The molecule has 0 fully saturated rings. The third kappa shape index (κ3) is 1.66. The van der Waals surface area contributed by atoms with Crippen LogP contribution >= 0.6 is 0 Å². The third-order valence-corrected chi connectivity index (χ3v) is 2.32. The van der Waals surface area contributed by atoms with Crippen LogP contribution in [-0.4, -0.2) is 16.2 Å². The van der Waals surface area contributed by atoms with Crippen LogP contribution < -0.4 is 0 Å². The first-order valence-corrected chi connectivity index (χ1v) is 4.53. The van der Waals surface area contributed by atoms with Gasteiger partial charge in [0, 0.05) is 5.39 Å². The van der Waals surface area contributed by atoms with Gasteiger partial charge in [-0.3, -0.25) is 4.79 Å². The first kappa shape index (κ1) is 9.58. The third-order valence-electron chi connectivity index (χ3n) is 2.32. The van der Waals surface area contributed by atoms with Crippen LogP contribution in [0.15, 0.2) is 28.7 Å². The Kier molecular flexibility index (Phi) is 2.11. The van der Waals surface area contributed by atoms with Crippen LogP contribution in [0.25, 0.3) is 11.0 Å². The number of phenolic OH excluding ortho intramolecular Hbond substituents is 1. The number of furan rings is 1. The summed E-state index contributed by atoms with van der Waals surface area (Å²) < 4.78 is 5.35. The van der Waals surface area contributed by atoms with Gasteiger partial charge in [0.05, 0.1) is 0 Å². The van der Waals surface area contributed by atoms with Crippen molar-refractivity contribution in [3.05, 3.63) is 30.0 Å². The molecule has 4 heteroatoms. The summed E-state index contributed by atoms with van der Waals surface area (Å²) >= 11 is 0. The van der Waals surface area contributed by atoms with E-state index < -0.39 is 11.9 Å². The van der Waals surface area contributed by atoms with Crippen molar-refractivity contribution in [2.24, 2.45) is 0 Å². The molecule has 0 saturated carbocycles. The summed E-state index contributed by atoms with van der Waals surface area (Å²) in [5.74, 6) is -1.08. The van der Waals surface area contributed by atoms with Crippen LogP contribution in [0.5, 0.6) is 5.75 Å². The quantitative estimate of drug-likeness (QED) is 0.791. The van der Waals surface area contributed by atoms with Crippen molar-refractivity contribution in [1.82, 2.24) is 0 Å². The van der Waals surface area contributed by atoms with Gasteiger partial charge in [-0.25, -0.2) is 0 Å². The molecule has 0 aliphatic heterocycles. The average molecular weight is 206 g/mol. The Labute approximate surface area is 85.8 Å². The van der Waals surface area contributed by atoms with E-state index in [1.807, 2.05) is 0 Å². The zero-order valence-electron chi connectivity index (χ0n) is 8.10. The van der Waals surface area contributed by atoms with Gasteiger partial charge < -0.3 is 14.6 Å². The van der Waals surface area contributed by atoms with E-state index in [2.05, 4.69) is 0 Å². The second-order valence-corrected chi connectivity index (χ2v) is 3.43. The maximum absolute atomic E-state index is 10.7. The Morgan fingerprint density at radius 1 is 1.40 bits per heavy atom. The molecule has 2 aromatic rings. The molecular weight excluding hydrogens is 196 g/mol. The van der Waals surface area contributed by atoms with Crippen molar-refractivity contribution in [2.75, 3.05) is 0 Å². The molecule has 2 N–H and O–H groups in total. The summed E-state index contributed by atoms with van der Waals surface area (Å²) in [6.07, 6.45) is 0. The highest BCUT2D eigenvalue weighted by molar-refractivity contribution is 5.82. The zero-order chi connectivity index (χ0) is 11.0. The number of fused-ring (bicyclic) bond motifs is 1. The van der Waals surface area contributed by atoms with E-state index in [0.717, 1.165) is 0 Å². The molecule has 0 bridgehead atoms. The van der Waals surface area contributed by atoms with E-state index in [0.29, 0.717) is 16.7 Å². The Balaban J connectivity index is 2.51. The van der Waals surface area contributed by atoms with Crippen LogP contribution in [0.3, 0.4) is 0 Å². The van der Waals surface area contributed by atoms with E-state index in [9.17, 15) is 9.90 Å². The van der Waals surface area contributed by atoms with Gasteiger partial charge in [-0.05, 0) is 31.2 Å². The standard InChI is InChI=1S/C11H10O4/c1-6(11(13)14)10-5-7-4-8(12)2-3-9(7)15-10/h2-6,12H,1H3,(H,13,14). The SMILES string of the molecule is CC(C(=O)O)c1cc2cc(O)ccc2o1. The number of aliphatic carboxylic acids is 1. The van der Waals surface area contributed by atoms with Gasteiger partial charge in [-0.1, -0.05) is 0 Å². The number of carboxylic acids is 1. The lowest BCUT2D eigenvalue weighted by Gasteiger charge is -1.99. The van der Waals surface area contributed by atoms with Crippen LogP contribution in [0.4, 0.5) is 0 Å². The highest BCUT2D eigenvalue weighted by Gasteiger charge is 2.18. The number of aromatic hydroxyl groups is 1. The summed E-state index contributed by atoms with van der Waals surface area (Å²) in [5.41, 5.74) is 0.580. The first-order valence-electron chi connectivity index (χ1n) is 4.53. The lowest BCUT2D eigenvalue weighted by molar-refractivity contribution is -0.138. The topological polar surface area (TPSA) is 70.7 Å². The summed E-state index contributed by atoms with van der Waals surface area (Å²) in [6.45, 7) is 1.56. The molecule has 1 atom stereocenters. The smallest absolute Gasteiger partial charge is 0.313 e. The molecule has 0 aliphatic carbocycles.